The second kappa shape index (κ2) is 6.41. The van der Waals surface area contributed by atoms with Crippen molar-refractivity contribution in [1.82, 2.24) is 4.90 Å². The molecule has 0 N–H and O–H groups in total. The number of likely N-dealkylation sites (tertiary alicyclic amines) is 1. The molecule has 0 radical (unpaired) electrons. The first-order valence-corrected chi connectivity index (χ1v) is 8.55. The Morgan fingerprint density at radius 2 is 2.05 bits per heavy atom. The predicted molar refractivity (Wildman–Crippen MR) is 87.7 cm³/mol. The molecule has 1 saturated heterocycles. The molecule has 0 spiro atoms. The van der Waals surface area contributed by atoms with Crippen LogP contribution in [-0.4, -0.2) is 30.1 Å². The minimum Gasteiger partial charge on any atom is -0.368 e. The lowest BCUT2D eigenvalue weighted by Gasteiger charge is -2.28. The van der Waals surface area contributed by atoms with E-state index in [1.54, 1.807) is 0 Å². The fraction of sp³-hybridized carbons (Fsp3) is 0.632. The van der Waals surface area contributed by atoms with E-state index in [0.29, 0.717) is 5.92 Å². The van der Waals surface area contributed by atoms with Crippen LogP contribution in [0.5, 0.6) is 0 Å². The third-order valence-electron chi connectivity index (χ3n) is 5.08. The summed E-state index contributed by atoms with van der Waals surface area (Å²) in [5, 5.41) is 0. The number of benzene rings is 1. The SMILES string of the molecule is Cc1ccc(C2CCCN2C(=O)C(C)OCC2CC2)cc1C. The smallest absolute Gasteiger partial charge is 0.251 e. The van der Waals surface area contributed by atoms with Gasteiger partial charge >= 0.3 is 0 Å². The maximum Gasteiger partial charge on any atom is 0.251 e. The molecule has 2 atom stereocenters. The second-order valence-electron chi connectivity index (χ2n) is 6.95. The number of nitrogens with zero attached hydrogens (tertiary/aromatic N) is 1. The van der Waals surface area contributed by atoms with Gasteiger partial charge in [-0.2, -0.15) is 0 Å². The minimum atomic E-state index is -0.312. The highest BCUT2D eigenvalue weighted by Gasteiger charge is 2.33. The highest BCUT2D eigenvalue weighted by atomic mass is 16.5. The second-order valence-corrected chi connectivity index (χ2v) is 6.95. The van der Waals surface area contributed by atoms with E-state index in [1.807, 2.05) is 11.8 Å². The number of hydrogen-bond acceptors (Lipinski definition) is 2. The molecular weight excluding hydrogens is 274 g/mol. The van der Waals surface area contributed by atoms with Gasteiger partial charge in [-0.05, 0) is 69.1 Å². The predicted octanol–water partition coefficient (Wildman–Crippen LogP) is 3.78. The van der Waals surface area contributed by atoms with Crippen LogP contribution in [0, 0.1) is 19.8 Å². The lowest BCUT2D eigenvalue weighted by molar-refractivity contribution is -0.143. The maximum atomic E-state index is 12.7. The topological polar surface area (TPSA) is 29.5 Å². The van der Waals surface area contributed by atoms with E-state index in [2.05, 4.69) is 32.0 Å². The first-order valence-electron chi connectivity index (χ1n) is 8.55. The Labute approximate surface area is 133 Å². The lowest BCUT2D eigenvalue weighted by Crippen LogP contribution is -2.39. The van der Waals surface area contributed by atoms with Gasteiger partial charge in [-0.15, -0.1) is 0 Å². The molecule has 1 aromatic carbocycles. The number of ether oxygens (including phenoxy) is 1. The molecule has 1 heterocycles. The van der Waals surface area contributed by atoms with Gasteiger partial charge in [0, 0.05) is 6.54 Å². The summed E-state index contributed by atoms with van der Waals surface area (Å²) < 4.78 is 5.78. The Morgan fingerprint density at radius 1 is 1.27 bits per heavy atom. The number of aryl methyl sites for hydroxylation is 2. The van der Waals surface area contributed by atoms with E-state index >= 15 is 0 Å². The van der Waals surface area contributed by atoms with E-state index in [1.165, 1.54) is 29.5 Å². The van der Waals surface area contributed by atoms with Crippen LogP contribution in [0.25, 0.3) is 0 Å². The van der Waals surface area contributed by atoms with Crippen molar-refractivity contribution in [3.8, 4) is 0 Å². The molecule has 1 aliphatic carbocycles. The Hall–Kier alpha value is -1.35. The van der Waals surface area contributed by atoms with Crippen LogP contribution in [0.15, 0.2) is 18.2 Å². The highest BCUT2D eigenvalue weighted by molar-refractivity contribution is 5.81. The van der Waals surface area contributed by atoms with Gasteiger partial charge in [-0.25, -0.2) is 0 Å². The first-order chi connectivity index (χ1) is 10.6. The fourth-order valence-corrected chi connectivity index (χ4v) is 3.22. The molecular formula is C19H27NO2. The molecule has 3 heteroatoms. The molecule has 1 aromatic rings. The van der Waals surface area contributed by atoms with Crippen molar-refractivity contribution in [2.24, 2.45) is 5.92 Å². The van der Waals surface area contributed by atoms with Crippen LogP contribution in [0.4, 0.5) is 0 Å². The minimum absolute atomic E-state index is 0.154. The van der Waals surface area contributed by atoms with E-state index in [9.17, 15) is 4.79 Å². The van der Waals surface area contributed by atoms with Gasteiger partial charge in [0.2, 0.25) is 0 Å². The van der Waals surface area contributed by atoms with Gasteiger partial charge in [0.05, 0.1) is 12.6 Å². The van der Waals surface area contributed by atoms with E-state index in [4.69, 9.17) is 4.74 Å². The van der Waals surface area contributed by atoms with Crippen LogP contribution in [0.3, 0.4) is 0 Å². The average Bonchev–Trinajstić information content (AvgIpc) is 3.21. The molecule has 22 heavy (non-hydrogen) atoms. The summed E-state index contributed by atoms with van der Waals surface area (Å²) in [6.07, 6.45) is 4.35. The normalized spacial score (nSPS) is 22.9. The molecule has 1 saturated carbocycles. The van der Waals surface area contributed by atoms with Gasteiger partial charge in [0.1, 0.15) is 6.10 Å². The van der Waals surface area contributed by atoms with Gasteiger partial charge in [-0.3, -0.25) is 4.79 Å². The zero-order valence-corrected chi connectivity index (χ0v) is 14.0. The Balaban J connectivity index is 1.68. The molecule has 2 aliphatic rings. The molecule has 2 fully saturated rings. The molecule has 1 aliphatic heterocycles. The molecule has 120 valence electrons. The number of rotatable bonds is 5. The first kappa shape index (κ1) is 15.5. The molecule has 2 unspecified atom stereocenters. The summed E-state index contributed by atoms with van der Waals surface area (Å²) >= 11 is 0. The lowest BCUT2D eigenvalue weighted by atomic mass is 9.99. The third-order valence-corrected chi connectivity index (χ3v) is 5.08. The van der Waals surface area contributed by atoms with Crippen molar-refractivity contribution in [2.75, 3.05) is 13.2 Å². The Bertz CT molecular complexity index is 550. The standard InChI is InChI=1S/C19H27NO2/c1-13-6-9-17(11-14(13)2)18-5-4-10-20(18)19(21)15(3)22-12-16-7-8-16/h6,9,11,15-16,18H,4-5,7-8,10,12H2,1-3H3. The zero-order chi connectivity index (χ0) is 15.7. The average molecular weight is 301 g/mol. The highest BCUT2D eigenvalue weighted by Crippen LogP contribution is 2.34. The summed E-state index contributed by atoms with van der Waals surface area (Å²) in [5.41, 5.74) is 3.87. The Morgan fingerprint density at radius 3 is 2.73 bits per heavy atom. The van der Waals surface area contributed by atoms with Gasteiger partial charge < -0.3 is 9.64 Å². The third kappa shape index (κ3) is 3.35. The van der Waals surface area contributed by atoms with Crippen LogP contribution in [-0.2, 0) is 9.53 Å². The van der Waals surface area contributed by atoms with Crippen molar-refractivity contribution in [3.63, 3.8) is 0 Å². The number of amides is 1. The van der Waals surface area contributed by atoms with E-state index in [-0.39, 0.29) is 18.1 Å². The molecule has 1 amide bonds. The summed E-state index contributed by atoms with van der Waals surface area (Å²) in [4.78, 5) is 14.7. The number of carbonyl (C=O) groups is 1. The van der Waals surface area contributed by atoms with Crippen LogP contribution in [0.2, 0.25) is 0 Å². The summed E-state index contributed by atoms with van der Waals surface area (Å²) in [5.74, 6) is 0.853. The molecule has 0 aromatic heterocycles. The van der Waals surface area contributed by atoms with Crippen molar-refractivity contribution in [1.29, 1.82) is 0 Å². The summed E-state index contributed by atoms with van der Waals surface area (Å²) in [6.45, 7) is 7.77. The van der Waals surface area contributed by atoms with Gasteiger partial charge in [0.15, 0.2) is 0 Å². The van der Waals surface area contributed by atoms with E-state index < -0.39 is 0 Å². The van der Waals surface area contributed by atoms with Crippen molar-refractivity contribution < 1.29 is 9.53 Å². The molecule has 3 rings (SSSR count). The van der Waals surface area contributed by atoms with Gasteiger partial charge in [-0.1, -0.05) is 18.2 Å². The quantitative estimate of drug-likeness (QED) is 0.828. The van der Waals surface area contributed by atoms with Crippen molar-refractivity contribution in [3.05, 3.63) is 34.9 Å². The zero-order valence-electron chi connectivity index (χ0n) is 14.0. The van der Waals surface area contributed by atoms with Crippen LogP contribution >= 0.6 is 0 Å². The van der Waals surface area contributed by atoms with Crippen molar-refractivity contribution >= 4 is 5.91 Å². The number of carbonyl (C=O) groups excluding carboxylic acids is 1. The summed E-state index contributed by atoms with van der Waals surface area (Å²) in [6, 6.07) is 6.80. The fourth-order valence-electron chi connectivity index (χ4n) is 3.22. The monoisotopic (exact) mass is 301 g/mol. The van der Waals surface area contributed by atoms with Crippen LogP contribution < -0.4 is 0 Å². The molecule has 0 bridgehead atoms. The maximum absolute atomic E-state index is 12.7. The number of hydrogen-bond donors (Lipinski definition) is 0. The van der Waals surface area contributed by atoms with Crippen LogP contribution in [0.1, 0.15) is 55.3 Å². The molecule has 3 nitrogen and oxygen atoms in total. The van der Waals surface area contributed by atoms with Crippen molar-refractivity contribution in [2.45, 2.75) is 58.6 Å². The largest absolute Gasteiger partial charge is 0.368 e. The van der Waals surface area contributed by atoms with E-state index in [0.717, 1.165) is 26.0 Å². The Kier molecular flexibility index (Phi) is 4.53. The summed E-state index contributed by atoms with van der Waals surface area (Å²) in [7, 11) is 0. The van der Waals surface area contributed by atoms with Gasteiger partial charge in [0.25, 0.3) is 5.91 Å².